The summed E-state index contributed by atoms with van der Waals surface area (Å²) in [6.45, 7) is 0.290. The minimum absolute atomic E-state index is 0.124. The van der Waals surface area contributed by atoms with Crippen LogP contribution in [0.3, 0.4) is 0 Å². The number of benzene rings is 2. The maximum absolute atomic E-state index is 13.0. The number of ether oxygens (including phenoxy) is 2. The van der Waals surface area contributed by atoms with E-state index in [1.165, 1.54) is 0 Å². The second-order valence-corrected chi connectivity index (χ2v) is 6.52. The Labute approximate surface area is 142 Å². The Bertz CT molecular complexity index is 960. The molecule has 4 nitrogen and oxygen atoms in total. The van der Waals surface area contributed by atoms with Crippen LogP contribution in [0.15, 0.2) is 53.8 Å². The van der Waals surface area contributed by atoms with Gasteiger partial charge >= 0.3 is 0 Å². The molecule has 0 saturated carbocycles. The monoisotopic (exact) mass is 338 g/mol. The number of Topliss-reactive ketones (excluding diaryl/α,β-unsaturated/α-hetero) is 2. The predicted octanol–water partition coefficient (Wildman–Crippen LogP) is 3.55. The molecule has 2 atom stereocenters. The van der Waals surface area contributed by atoms with E-state index in [0.717, 1.165) is 5.56 Å². The fourth-order valence-electron chi connectivity index (χ4n) is 3.68. The second-order valence-electron chi connectivity index (χ2n) is 6.08. The van der Waals surface area contributed by atoms with Gasteiger partial charge in [0.05, 0.1) is 18.1 Å². The highest BCUT2D eigenvalue weighted by molar-refractivity contribution is 6.30. The summed E-state index contributed by atoms with van der Waals surface area (Å²) in [5.41, 5.74) is 2.03. The first-order valence-corrected chi connectivity index (χ1v) is 8.04. The first-order chi connectivity index (χ1) is 11.6. The van der Waals surface area contributed by atoms with E-state index in [1.807, 2.05) is 6.07 Å². The predicted molar refractivity (Wildman–Crippen MR) is 86.7 cm³/mol. The van der Waals surface area contributed by atoms with Crippen LogP contribution in [0.25, 0.3) is 0 Å². The Morgan fingerprint density at radius 1 is 1.00 bits per heavy atom. The van der Waals surface area contributed by atoms with Gasteiger partial charge in [-0.25, -0.2) is 0 Å². The van der Waals surface area contributed by atoms with Gasteiger partial charge in [-0.3, -0.25) is 9.59 Å². The quantitative estimate of drug-likeness (QED) is 0.737. The molecule has 0 unspecified atom stereocenters. The molecule has 0 saturated heterocycles. The number of rotatable bonds is 0. The number of allylic oxidation sites excluding steroid dienone is 1. The van der Waals surface area contributed by atoms with E-state index < -0.39 is 6.10 Å². The van der Waals surface area contributed by atoms with E-state index in [9.17, 15) is 9.59 Å². The summed E-state index contributed by atoms with van der Waals surface area (Å²) < 4.78 is 11.7. The maximum Gasteiger partial charge on any atom is 0.228 e. The van der Waals surface area contributed by atoms with Crippen LogP contribution in [0.5, 0.6) is 5.75 Å². The lowest BCUT2D eigenvalue weighted by atomic mass is 9.80. The summed E-state index contributed by atoms with van der Waals surface area (Å²) in [5.74, 6) is 0.217. The largest absolute Gasteiger partial charge is 0.488 e. The van der Waals surface area contributed by atoms with Gasteiger partial charge in [0.15, 0.2) is 11.5 Å². The molecule has 1 aliphatic carbocycles. The van der Waals surface area contributed by atoms with Crippen molar-refractivity contribution in [3.63, 3.8) is 0 Å². The lowest BCUT2D eigenvalue weighted by molar-refractivity contribution is 0.0697. The molecule has 0 fully saturated rings. The molecule has 0 amide bonds. The minimum atomic E-state index is -0.507. The van der Waals surface area contributed by atoms with Crippen molar-refractivity contribution in [2.24, 2.45) is 0 Å². The second kappa shape index (κ2) is 4.71. The van der Waals surface area contributed by atoms with Crippen molar-refractivity contribution in [2.45, 2.75) is 12.0 Å². The number of carbonyl (C=O) groups is 2. The zero-order valence-corrected chi connectivity index (χ0v) is 13.2. The van der Waals surface area contributed by atoms with Gasteiger partial charge in [0.1, 0.15) is 11.9 Å². The van der Waals surface area contributed by atoms with Crippen molar-refractivity contribution >= 4 is 23.2 Å². The third-order valence-corrected chi connectivity index (χ3v) is 5.03. The molecule has 2 aliphatic heterocycles. The van der Waals surface area contributed by atoms with Crippen molar-refractivity contribution in [3.8, 4) is 5.75 Å². The molecule has 0 bridgehead atoms. The van der Waals surface area contributed by atoms with Gasteiger partial charge in [-0.05, 0) is 18.2 Å². The van der Waals surface area contributed by atoms with Gasteiger partial charge in [-0.1, -0.05) is 35.9 Å². The lowest BCUT2D eigenvalue weighted by Gasteiger charge is -2.31. The Morgan fingerprint density at radius 3 is 2.54 bits per heavy atom. The zero-order chi connectivity index (χ0) is 16.4. The molecule has 2 aromatic rings. The summed E-state index contributed by atoms with van der Waals surface area (Å²) in [6.07, 6.45) is -0.507. The topological polar surface area (TPSA) is 52.6 Å². The highest BCUT2D eigenvalue weighted by Gasteiger charge is 2.48. The highest BCUT2D eigenvalue weighted by atomic mass is 35.5. The first kappa shape index (κ1) is 13.8. The molecule has 24 heavy (non-hydrogen) atoms. The lowest BCUT2D eigenvalue weighted by Crippen LogP contribution is -2.39. The summed E-state index contributed by atoms with van der Waals surface area (Å²) in [6, 6.07) is 12.2. The standard InChI is InChI=1S/C19H11ClO4/c20-9-5-6-14-12(7-9)13-8-23-19-15(18(13)24-14)16(21)10-3-1-2-4-11(10)17(19)22/h1-7,13,18H,8H2/t13-,18+/m1/s1. The van der Waals surface area contributed by atoms with E-state index in [0.29, 0.717) is 27.5 Å². The van der Waals surface area contributed by atoms with E-state index >= 15 is 0 Å². The Morgan fingerprint density at radius 2 is 1.75 bits per heavy atom. The molecule has 2 aromatic carbocycles. The van der Waals surface area contributed by atoms with Crippen LogP contribution in [-0.4, -0.2) is 24.3 Å². The number of hydrogen-bond donors (Lipinski definition) is 0. The van der Waals surface area contributed by atoms with Crippen molar-refractivity contribution in [3.05, 3.63) is 75.5 Å². The third kappa shape index (κ3) is 1.69. The Hall–Kier alpha value is -2.59. The molecular weight excluding hydrogens is 328 g/mol. The Kier molecular flexibility index (Phi) is 2.71. The summed E-state index contributed by atoms with van der Waals surface area (Å²) in [5, 5.41) is 0.606. The molecule has 0 aromatic heterocycles. The van der Waals surface area contributed by atoms with Crippen LogP contribution in [0, 0.1) is 0 Å². The van der Waals surface area contributed by atoms with Gasteiger partial charge in [-0.15, -0.1) is 0 Å². The first-order valence-electron chi connectivity index (χ1n) is 7.66. The number of halogens is 1. The SMILES string of the molecule is O=C1C2=C(C(=O)c3ccccc31)[C@H]1Oc3ccc(Cl)cc3[C@H]1CO2. The van der Waals surface area contributed by atoms with E-state index in [4.69, 9.17) is 21.1 Å². The van der Waals surface area contributed by atoms with Crippen LogP contribution in [0.4, 0.5) is 0 Å². The third-order valence-electron chi connectivity index (χ3n) is 4.79. The fraction of sp³-hybridized carbons (Fsp3) is 0.158. The molecule has 0 radical (unpaired) electrons. The molecule has 3 aliphatic rings. The normalized spacial score (nSPS) is 23.7. The van der Waals surface area contributed by atoms with Crippen LogP contribution >= 0.6 is 11.6 Å². The highest BCUT2D eigenvalue weighted by Crippen LogP contribution is 2.47. The smallest absolute Gasteiger partial charge is 0.228 e. The van der Waals surface area contributed by atoms with Gasteiger partial charge in [0.2, 0.25) is 5.78 Å². The molecule has 5 heteroatoms. The zero-order valence-electron chi connectivity index (χ0n) is 12.4. The fourth-order valence-corrected chi connectivity index (χ4v) is 3.86. The van der Waals surface area contributed by atoms with Crippen molar-refractivity contribution in [1.29, 1.82) is 0 Å². The number of fused-ring (bicyclic) bond motifs is 5. The number of ketones is 2. The van der Waals surface area contributed by atoms with E-state index in [-0.39, 0.29) is 29.9 Å². The Balaban J connectivity index is 1.66. The summed E-state index contributed by atoms with van der Waals surface area (Å²) in [7, 11) is 0. The van der Waals surface area contributed by atoms with Crippen LogP contribution in [0.2, 0.25) is 5.02 Å². The molecule has 2 heterocycles. The average molecular weight is 339 g/mol. The molecule has 0 spiro atoms. The molecule has 118 valence electrons. The van der Waals surface area contributed by atoms with Crippen LogP contribution < -0.4 is 4.74 Å². The minimum Gasteiger partial charge on any atom is -0.488 e. The average Bonchev–Trinajstić information content (AvgIpc) is 2.97. The van der Waals surface area contributed by atoms with Crippen LogP contribution in [0.1, 0.15) is 32.2 Å². The molecular formula is C19H11ClO4. The van der Waals surface area contributed by atoms with Gasteiger partial charge in [0.25, 0.3) is 0 Å². The van der Waals surface area contributed by atoms with Crippen LogP contribution in [-0.2, 0) is 4.74 Å². The van der Waals surface area contributed by atoms with Crippen molar-refractivity contribution in [1.82, 2.24) is 0 Å². The van der Waals surface area contributed by atoms with Gasteiger partial charge < -0.3 is 9.47 Å². The summed E-state index contributed by atoms with van der Waals surface area (Å²) in [4.78, 5) is 25.7. The van der Waals surface area contributed by atoms with Crippen molar-refractivity contribution in [2.75, 3.05) is 6.61 Å². The van der Waals surface area contributed by atoms with Gasteiger partial charge in [-0.2, -0.15) is 0 Å². The number of carbonyl (C=O) groups excluding carboxylic acids is 2. The number of hydrogen-bond acceptors (Lipinski definition) is 4. The van der Waals surface area contributed by atoms with Crippen molar-refractivity contribution < 1.29 is 19.1 Å². The maximum atomic E-state index is 13.0. The summed E-state index contributed by atoms with van der Waals surface area (Å²) >= 11 is 6.08. The molecule has 5 rings (SSSR count). The van der Waals surface area contributed by atoms with Gasteiger partial charge in [0, 0.05) is 21.7 Å². The molecule has 0 N–H and O–H groups in total. The van der Waals surface area contributed by atoms with E-state index in [1.54, 1.807) is 36.4 Å². The van der Waals surface area contributed by atoms with E-state index in [2.05, 4.69) is 0 Å².